The molecule has 2 rings (SSSR count). The first-order valence-corrected chi connectivity index (χ1v) is 8.59. The smallest absolute Gasteiger partial charge is 0.243 e. The first-order chi connectivity index (χ1) is 12.6. The molecule has 140 valence electrons. The second-order valence-corrected chi connectivity index (χ2v) is 5.96. The minimum atomic E-state index is -0.137. The van der Waals surface area contributed by atoms with Crippen LogP contribution in [0.1, 0.15) is 13.8 Å². The van der Waals surface area contributed by atoms with Crippen LogP contribution >= 0.6 is 0 Å². The summed E-state index contributed by atoms with van der Waals surface area (Å²) in [6, 6.07) is 14.8. The molecule has 26 heavy (non-hydrogen) atoms. The fourth-order valence-corrected chi connectivity index (χ4v) is 2.22. The lowest BCUT2D eigenvalue weighted by molar-refractivity contribution is -0.114. The molecule has 0 bridgehead atoms. The minimum Gasteiger partial charge on any atom is -0.491 e. The van der Waals surface area contributed by atoms with E-state index in [2.05, 4.69) is 10.6 Å². The van der Waals surface area contributed by atoms with Crippen LogP contribution in [0, 0.1) is 0 Å². The fraction of sp³-hybridized carbons (Fsp3) is 0.350. The van der Waals surface area contributed by atoms with Crippen molar-refractivity contribution in [2.75, 3.05) is 37.5 Å². The minimum absolute atomic E-state index is 0.133. The standard InChI is InChI=1S/C20H26N2O4/c1-15(2)26-18-9-7-16(8-10-18)21-14-20(23)22-17-5-4-6-19(13-17)25-12-11-24-3/h4-10,13,15,21H,11-12,14H2,1-3H3,(H,22,23). The molecule has 0 aliphatic carbocycles. The molecule has 0 aliphatic rings. The lowest BCUT2D eigenvalue weighted by Gasteiger charge is -2.12. The van der Waals surface area contributed by atoms with Crippen LogP contribution in [-0.2, 0) is 9.53 Å². The summed E-state index contributed by atoms with van der Waals surface area (Å²) in [5, 5.41) is 5.93. The Morgan fingerprint density at radius 3 is 2.46 bits per heavy atom. The molecule has 2 aromatic rings. The number of anilines is 2. The predicted molar refractivity (Wildman–Crippen MR) is 103 cm³/mol. The number of ether oxygens (including phenoxy) is 3. The maximum absolute atomic E-state index is 12.1. The zero-order valence-corrected chi connectivity index (χ0v) is 15.5. The third kappa shape index (κ3) is 7.03. The molecule has 0 spiro atoms. The van der Waals surface area contributed by atoms with E-state index in [1.54, 1.807) is 13.2 Å². The molecule has 6 heteroatoms. The van der Waals surface area contributed by atoms with Crippen LogP contribution in [-0.4, -0.2) is 38.9 Å². The maximum Gasteiger partial charge on any atom is 0.243 e. The van der Waals surface area contributed by atoms with Crippen molar-refractivity contribution in [3.8, 4) is 11.5 Å². The topological polar surface area (TPSA) is 68.8 Å². The Bertz CT molecular complexity index is 686. The highest BCUT2D eigenvalue weighted by Crippen LogP contribution is 2.18. The summed E-state index contributed by atoms with van der Waals surface area (Å²) < 4.78 is 16.1. The van der Waals surface area contributed by atoms with Gasteiger partial charge in [-0.05, 0) is 50.2 Å². The van der Waals surface area contributed by atoms with Crippen molar-refractivity contribution in [2.24, 2.45) is 0 Å². The van der Waals surface area contributed by atoms with Gasteiger partial charge in [-0.1, -0.05) is 6.07 Å². The van der Waals surface area contributed by atoms with E-state index in [9.17, 15) is 4.79 Å². The van der Waals surface area contributed by atoms with E-state index < -0.39 is 0 Å². The van der Waals surface area contributed by atoms with E-state index in [4.69, 9.17) is 14.2 Å². The van der Waals surface area contributed by atoms with Crippen LogP contribution < -0.4 is 20.1 Å². The molecule has 2 N–H and O–H groups in total. The molecule has 0 aromatic heterocycles. The van der Waals surface area contributed by atoms with Gasteiger partial charge in [0.25, 0.3) is 0 Å². The summed E-state index contributed by atoms with van der Waals surface area (Å²) in [5.74, 6) is 1.36. The molecule has 0 aliphatic heterocycles. The fourth-order valence-electron chi connectivity index (χ4n) is 2.22. The Balaban J connectivity index is 1.80. The Morgan fingerprint density at radius 1 is 1.00 bits per heavy atom. The van der Waals surface area contributed by atoms with Crippen LogP contribution in [0.5, 0.6) is 11.5 Å². The SMILES string of the molecule is COCCOc1cccc(NC(=O)CNc2ccc(OC(C)C)cc2)c1. The largest absolute Gasteiger partial charge is 0.491 e. The molecule has 1 amide bonds. The Morgan fingerprint density at radius 2 is 1.77 bits per heavy atom. The number of carbonyl (C=O) groups excluding carboxylic acids is 1. The Labute approximate surface area is 154 Å². The molecular formula is C20H26N2O4. The molecule has 0 unspecified atom stereocenters. The monoisotopic (exact) mass is 358 g/mol. The van der Waals surface area contributed by atoms with Crippen LogP contribution in [0.25, 0.3) is 0 Å². The summed E-state index contributed by atoms with van der Waals surface area (Å²) in [7, 11) is 1.62. The van der Waals surface area contributed by atoms with Crippen LogP contribution in [0.4, 0.5) is 11.4 Å². The number of benzene rings is 2. The number of hydrogen-bond acceptors (Lipinski definition) is 5. The van der Waals surface area contributed by atoms with E-state index in [0.717, 1.165) is 11.4 Å². The summed E-state index contributed by atoms with van der Waals surface area (Å²) in [6.45, 7) is 5.11. The van der Waals surface area contributed by atoms with E-state index in [0.29, 0.717) is 24.7 Å². The molecule has 0 atom stereocenters. The van der Waals surface area contributed by atoms with Crippen LogP contribution in [0.15, 0.2) is 48.5 Å². The number of carbonyl (C=O) groups is 1. The Kier molecular flexibility index (Phi) is 7.76. The lowest BCUT2D eigenvalue weighted by atomic mass is 10.3. The van der Waals surface area contributed by atoms with E-state index >= 15 is 0 Å². The maximum atomic E-state index is 12.1. The zero-order chi connectivity index (χ0) is 18.8. The quantitative estimate of drug-likeness (QED) is 0.636. The van der Waals surface area contributed by atoms with Gasteiger partial charge in [-0.25, -0.2) is 0 Å². The Hall–Kier alpha value is -2.73. The van der Waals surface area contributed by atoms with Gasteiger partial charge < -0.3 is 24.8 Å². The third-order valence-electron chi connectivity index (χ3n) is 3.35. The highest BCUT2D eigenvalue weighted by molar-refractivity contribution is 5.93. The third-order valence-corrected chi connectivity index (χ3v) is 3.35. The number of amides is 1. The van der Waals surface area contributed by atoms with Crippen molar-refractivity contribution in [1.29, 1.82) is 0 Å². The second kappa shape index (κ2) is 10.3. The summed E-state index contributed by atoms with van der Waals surface area (Å²) in [4.78, 5) is 12.1. The van der Waals surface area contributed by atoms with Crippen molar-refractivity contribution in [3.05, 3.63) is 48.5 Å². The van der Waals surface area contributed by atoms with Crippen molar-refractivity contribution in [3.63, 3.8) is 0 Å². The zero-order valence-electron chi connectivity index (χ0n) is 15.5. The number of nitrogens with one attached hydrogen (secondary N) is 2. The van der Waals surface area contributed by atoms with Gasteiger partial charge in [0.1, 0.15) is 18.1 Å². The van der Waals surface area contributed by atoms with Gasteiger partial charge in [0.15, 0.2) is 0 Å². The number of rotatable bonds is 10. The van der Waals surface area contributed by atoms with E-state index in [1.165, 1.54) is 0 Å². The average Bonchev–Trinajstić information content (AvgIpc) is 2.61. The van der Waals surface area contributed by atoms with E-state index in [1.807, 2.05) is 56.3 Å². The van der Waals surface area contributed by atoms with Gasteiger partial charge in [0.2, 0.25) is 5.91 Å². The highest BCUT2D eigenvalue weighted by Gasteiger charge is 2.04. The van der Waals surface area contributed by atoms with Crippen molar-refractivity contribution < 1.29 is 19.0 Å². The van der Waals surface area contributed by atoms with Gasteiger partial charge in [0, 0.05) is 24.6 Å². The number of methoxy groups -OCH3 is 1. The average molecular weight is 358 g/mol. The number of hydrogen-bond donors (Lipinski definition) is 2. The van der Waals surface area contributed by atoms with Gasteiger partial charge in [-0.15, -0.1) is 0 Å². The molecule has 6 nitrogen and oxygen atoms in total. The molecule has 0 radical (unpaired) electrons. The molecular weight excluding hydrogens is 332 g/mol. The van der Waals surface area contributed by atoms with Crippen LogP contribution in [0.3, 0.4) is 0 Å². The summed E-state index contributed by atoms with van der Waals surface area (Å²) >= 11 is 0. The normalized spacial score (nSPS) is 10.5. The van der Waals surface area contributed by atoms with Gasteiger partial charge in [0.05, 0.1) is 19.3 Å². The molecule has 2 aromatic carbocycles. The molecule has 0 heterocycles. The predicted octanol–water partition coefficient (Wildman–Crippen LogP) is 3.55. The molecule has 0 saturated carbocycles. The van der Waals surface area contributed by atoms with Crippen molar-refractivity contribution >= 4 is 17.3 Å². The van der Waals surface area contributed by atoms with Gasteiger partial charge in [-0.2, -0.15) is 0 Å². The first kappa shape index (κ1) is 19.6. The van der Waals surface area contributed by atoms with Gasteiger partial charge >= 0.3 is 0 Å². The first-order valence-electron chi connectivity index (χ1n) is 8.59. The molecule has 0 saturated heterocycles. The van der Waals surface area contributed by atoms with Crippen LogP contribution in [0.2, 0.25) is 0 Å². The lowest BCUT2D eigenvalue weighted by Crippen LogP contribution is -2.21. The summed E-state index contributed by atoms with van der Waals surface area (Å²) in [6.07, 6.45) is 0.133. The summed E-state index contributed by atoms with van der Waals surface area (Å²) in [5.41, 5.74) is 1.54. The highest BCUT2D eigenvalue weighted by atomic mass is 16.5. The second-order valence-electron chi connectivity index (χ2n) is 5.96. The van der Waals surface area contributed by atoms with Crippen molar-refractivity contribution in [1.82, 2.24) is 0 Å². The van der Waals surface area contributed by atoms with Gasteiger partial charge in [-0.3, -0.25) is 4.79 Å². The van der Waals surface area contributed by atoms with Crippen molar-refractivity contribution in [2.45, 2.75) is 20.0 Å². The molecule has 0 fully saturated rings. The van der Waals surface area contributed by atoms with E-state index in [-0.39, 0.29) is 18.6 Å².